The first-order valence-corrected chi connectivity index (χ1v) is 8.77. The van der Waals surface area contributed by atoms with Gasteiger partial charge in [-0.05, 0) is 50.5 Å². The lowest BCUT2D eigenvalue weighted by molar-refractivity contribution is 0.728. The number of aromatic nitrogens is 2. The molecule has 0 amide bonds. The van der Waals surface area contributed by atoms with Gasteiger partial charge in [0, 0.05) is 31.0 Å². The highest BCUT2D eigenvalue weighted by Gasteiger charge is 2.26. The van der Waals surface area contributed by atoms with Gasteiger partial charge in [-0.15, -0.1) is 0 Å². The fraction of sp³-hybridized carbons (Fsp3) is 0.400. The van der Waals surface area contributed by atoms with Gasteiger partial charge in [0.25, 0.3) is 5.56 Å². The number of fused-ring (bicyclic) bond motifs is 1. The van der Waals surface area contributed by atoms with Crippen LogP contribution in [0.4, 0.5) is 11.4 Å². The molecular formula is C20H25N5O. The molecule has 0 saturated carbocycles. The first-order valence-electron chi connectivity index (χ1n) is 8.77. The van der Waals surface area contributed by atoms with E-state index in [-0.39, 0.29) is 11.5 Å². The third-order valence-electron chi connectivity index (χ3n) is 4.60. The van der Waals surface area contributed by atoms with Crippen molar-refractivity contribution in [3.8, 4) is 0 Å². The molecular weight excluding hydrogens is 326 g/mol. The Morgan fingerprint density at radius 1 is 1.15 bits per heavy atom. The summed E-state index contributed by atoms with van der Waals surface area (Å²) in [6, 6.07) is 6.11. The lowest BCUT2D eigenvalue weighted by Crippen LogP contribution is -2.27. The van der Waals surface area contributed by atoms with Crippen molar-refractivity contribution in [1.82, 2.24) is 9.66 Å². The van der Waals surface area contributed by atoms with Crippen molar-refractivity contribution >= 4 is 22.8 Å². The Bertz CT molecular complexity index is 996. The highest BCUT2D eigenvalue weighted by Crippen LogP contribution is 2.26. The van der Waals surface area contributed by atoms with Gasteiger partial charge in [0.2, 0.25) is 0 Å². The summed E-state index contributed by atoms with van der Waals surface area (Å²) in [5, 5.41) is 4.41. The first kappa shape index (κ1) is 18.0. The number of aliphatic imine (C=N–C) groups is 1. The van der Waals surface area contributed by atoms with E-state index in [4.69, 9.17) is 4.99 Å². The van der Waals surface area contributed by atoms with Crippen LogP contribution in [0.2, 0.25) is 0 Å². The molecule has 1 aliphatic heterocycles. The van der Waals surface area contributed by atoms with E-state index in [0.717, 1.165) is 22.6 Å². The SMILES string of the molecule is CC1=Nn2c(nc(C)c(C(C)C)c2=O)C1=Nc1ccc(N(C)C)cc1C. The molecule has 136 valence electrons. The van der Waals surface area contributed by atoms with Crippen LogP contribution in [-0.4, -0.2) is 35.2 Å². The zero-order valence-electron chi connectivity index (χ0n) is 16.5. The topological polar surface area (TPSA) is 62.9 Å². The standard InChI is InChI=1S/C20H25N5O/c1-11(2)17-13(4)21-19-18(14(5)23-25(19)20(17)26)22-16-9-8-15(24(6)7)10-12(16)3/h8-11H,1-7H3. The fourth-order valence-corrected chi connectivity index (χ4v) is 3.20. The zero-order chi connectivity index (χ0) is 19.2. The molecule has 0 unspecified atom stereocenters. The van der Waals surface area contributed by atoms with Crippen molar-refractivity contribution in [2.24, 2.45) is 10.1 Å². The Morgan fingerprint density at radius 3 is 2.42 bits per heavy atom. The average Bonchev–Trinajstić information content (AvgIpc) is 2.85. The minimum atomic E-state index is -0.105. The summed E-state index contributed by atoms with van der Waals surface area (Å²) in [5.74, 6) is 0.621. The van der Waals surface area contributed by atoms with Gasteiger partial charge in [0.05, 0.1) is 11.4 Å². The number of rotatable bonds is 3. The van der Waals surface area contributed by atoms with E-state index in [0.29, 0.717) is 22.8 Å². The van der Waals surface area contributed by atoms with Crippen LogP contribution >= 0.6 is 0 Å². The molecule has 26 heavy (non-hydrogen) atoms. The van der Waals surface area contributed by atoms with E-state index >= 15 is 0 Å². The molecule has 0 aliphatic carbocycles. The predicted octanol–water partition coefficient (Wildman–Crippen LogP) is 3.41. The number of hydrogen-bond acceptors (Lipinski definition) is 5. The second kappa shape index (κ2) is 6.52. The summed E-state index contributed by atoms with van der Waals surface area (Å²) < 4.78 is 1.39. The van der Waals surface area contributed by atoms with Crippen LogP contribution in [0.3, 0.4) is 0 Å². The molecule has 0 saturated heterocycles. The van der Waals surface area contributed by atoms with Crippen LogP contribution in [0.15, 0.2) is 33.1 Å². The van der Waals surface area contributed by atoms with Gasteiger partial charge in [0.1, 0.15) is 5.71 Å². The lowest BCUT2D eigenvalue weighted by Gasteiger charge is -2.14. The fourth-order valence-electron chi connectivity index (χ4n) is 3.20. The third kappa shape index (κ3) is 2.96. The first-order chi connectivity index (χ1) is 12.2. The molecule has 6 nitrogen and oxygen atoms in total. The summed E-state index contributed by atoms with van der Waals surface area (Å²) in [5.41, 5.74) is 5.74. The van der Waals surface area contributed by atoms with E-state index in [2.05, 4.69) is 21.1 Å². The van der Waals surface area contributed by atoms with Crippen molar-refractivity contribution in [2.45, 2.75) is 40.5 Å². The van der Waals surface area contributed by atoms with Gasteiger partial charge in [-0.3, -0.25) is 4.79 Å². The molecule has 0 spiro atoms. The Balaban J connectivity index is 2.15. The summed E-state index contributed by atoms with van der Waals surface area (Å²) >= 11 is 0. The molecule has 0 fully saturated rings. The van der Waals surface area contributed by atoms with E-state index < -0.39 is 0 Å². The molecule has 1 aromatic heterocycles. The maximum absolute atomic E-state index is 12.8. The zero-order valence-corrected chi connectivity index (χ0v) is 16.5. The van der Waals surface area contributed by atoms with Gasteiger partial charge in [-0.2, -0.15) is 9.78 Å². The molecule has 0 bridgehead atoms. The molecule has 1 aliphatic rings. The Labute approximate surface area is 153 Å². The van der Waals surface area contributed by atoms with Crippen LogP contribution in [0.1, 0.15) is 49.3 Å². The highest BCUT2D eigenvalue weighted by molar-refractivity contribution is 6.48. The van der Waals surface area contributed by atoms with Crippen molar-refractivity contribution in [2.75, 3.05) is 19.0 Å². The van der Waals surface area contributed by atoms with Crippen LogP contribution in [0, 0.1) is 13.8 Å². The quantitative estimate of drug-likeness (QED) is 0.851. The van der Waals surface area contributed by atoms with Crippen LogP contribution < -0.4 is 10.5 Å². The van der Waals surface area contributed by atoms with Crippen LogP contribution in [0.5, 0.6) is 0 Å². The number of aryl methyl sites for hydroxylation is 2. The maximum atomic E-state index is 12.8. The van der Waals surface area contributed by atoms with Gasteiger partial charge in [-0.1, -0.05) is 13.8 Å². The average molecular weight is 351 g/mol. The highest BCUT2D eigenvalue weighted by atomic mass is 16.1. The molecule has 0 radical (unpaired) electrons. The van der Waals surface area contributed by atoms with E-state index in [1.807, 2.05) is 60.8 Å². The van der Waals surface area contributed by atoms with Crippen molar-refractivity contribution < 1.29 is 0 Å². The largest absolute Gasteiger partial charge is 0.378 e. The summed E-state index contributed by atoms with van der Waals surface area (Å²) in [4.78, 5) is 24.3. The van der Waals surface area contributed by atoms with E-state index in [9.17, 15) is 4.79 Å². The molecule has 2 aromatic rings. The van der Waals surface area contributed by atoms with Gasteiger partial charge in [-0.25, -0.2) is 9.98 Å². The number of nitrogens with zero attached hydrogens (tertiary/aromatic N) is 5. The van der Waals surface area contributed by atoms with Crippen LogP contribution in [0.25, 0.3) is 0 Å². The Kier molecular flexibility index (Phi) is 4.52. The number of benzene rings is 1. The summed E-state index contributed by atoms with van der Waals surface area (Å²) in [6.07, 6.45) is 0. The molecule has 2 heterocycles. The number of hydrogen-bond donors (Lipinski definition) is 0. The smallest absolute Gasteiger partial charge is 0.278 e. The van der Waals surface area contributed by atoms with Gasteiger partial charge in [0.15, 0.2) is 5.82 Å². The molecule has 6 heteroatoms. The van der Waals surface area contributed by atoms with Crippen molar-refractivity contribution in [1.29, 1.82) is 0 Å². The third-order valence-corrected chi connectivity index (χ3v) is 4.60. The normalized spacial score (nSPS) is 14.8. The summed E-state index contributed by atoms with van der Waals surface area (Å²) in [7, 11) is 4.02. The van der Waals surface area contributed by atoms with Gasteiger partial charge >= 0.3 is 0 Å². The maximum Gasteiger partial charge on any atom is 0.278 e. The lowest BCUT2D eigenvalue weighted by atomic mass is 10.0. The number of anilines is 1. The second-order valence-corrected chi connectivity index (χ2v) is 7.22. The molecule has 0 atom stereocenters. The molecule has 0 N–H and O–H groups in total. The van der Waals surface area contributed by atoms with Crippen molar-refractivity contribution in [3.63, 3.8) is 0 Å². The Hall–Kier alpha value is -2.76. The molecule has 3 rings (SSSR count). The monoisotopic (exact) mass is 351 g/mol. The minimum absolute atomic E-state index is 0.102. The van der Waals surface area contributed by atoms with E-state index in [1.165, 1.54) is 4.68 Å². The van der Waals surface area contributed by atoms with Gasteiger partial charge < -0.3 is 4.90 Å². The minimum Gasteiger partial charge on any atom is -0.378 e. The van der Waals surface area contributed by atoms with E-state index in [1.54, 1.807) is 0 Å². The summed E-state index contributed by atoms with van der Waals surface area (Å²) in [6.45, 7) is 9.76. The second-order valence-electron chi connectivity index (χ2n) is 7.22. The predicted molar refractivity (Wildman–Crippen MR) is 108 cm³/mol. The Morgan fingerprint density at radius 2 is 1.85 bits per heavy atom. The van der Waals surface area contributed by atoms with Crippen molar-refractivity contribution in [3.05, 3.63) is 51.2 Å². The molecule has 1 aromatic carbocycles. The van der Waals surface area contributed by atoms with Crippen LogP contribution in [-0.2, 0) is 0 Å².